The molecule has 4 heteroatoms. The number of likely N-dealkylation sites (tertiary alicyclic amines) is 1. The summed E-state index contributed by atoms with van der Waals surface area (Å²) >= 11 is 0. The summed E-state index contributed by atoms with van der Waals surface area (Å²) in [5.41, 5.74) is 0.933. The van der Waals surface area contributed by atoms with Gasteiger partial charge in [-0.15, -0.1) is 0 Å². The molecule has 1 atom stereocenters. The lowest BCUT2D eigenvalue weighted by Crippen LogP contribution is -2.40. The Morgan fingerprint density at radius 1 is 1.59 bits per heavy atom. The summed E-state index contributed by atoms with van der Waals surface area (Å²) in [6.07, 6.45) is 2.15. The molecule has 0 spiro atoms. The average Bonchev–Trinajstić information content (AvgIpc) is 2.85. The molecule has 0 radical (unpaired) electrons. The molecule has 4 nitrogen and oxygen atoms in total. The third-order valence-corrected chi connectivity index (χ3v) is 3.31. The predicted molar refractivity (Wildman–Crippen MR) is 66.2 cm³/mol. The van der Waals surface area contributed by atoms with E-state index in [9.17, 15) is 4.79 Å². The second-order valence-corrected chi connectivity index (χ2v) is 4.72. The van der Waals surface area contributed by atoms with Crippen molar-refractivity contribution in [3.63, 3.8) is 0 Å². The standard InChI is InChI=1S/C13H20N2O2/c1-9-7-10(2)17-12(9)13(16)15-6-4-5-11(15)8-14-3/h7,11,14H,4-6,8H2,1-3H3/t11-/m1/s1. The molecule has 2 heterocycles. The number of nitrogens with one attached hydrogen (secondary N) is 1. The summed E-state index contributed by atoms with van der Waals surface area (Å²) in [7, 11) is 1.92. The van der Waals surface area contributed by atoms with Gasteiger partial charge >= 0.3 is 0 Å². The number of amides is 1. The van der Waals surface area contributed by atoms with E-state index in [1.807, 2.05) is 31.9 Å². The fourth-order valence-electron chi connectivity index (χ4n) is 2.54. The van der Waals surface area contributed by atoms with Crippen LogP contribution in [0.2, 0.25) is 0 Å². The van der Waals surface area contributed by atoms with Gasteiger partial charge in [0.05, 0.1) is 0 Å². The molecule has 17 heavy (non-hydrogen) atoms. The van der Waals surface area contributed by atoms with Crippen LogP contribution in [0.5, 0.6) is 0 Å². The normalized spacial score (nSPS) is 19.9. The third kappa shape index (κ3) is 2.36. The van der Waals surface area contributed by atoms with Crippen molar-refractivity contribution in [1.29, 1.82) is 0 Å². The smallest absolute Gasteiger partial charge is 0.290 e. The Balaban J connectivity index is 2.16. The van der Waals surface area contributed by atoms with Gasteiger partial charge in [0.15, 0.2) is 5.76 Å². The van der Waals surface area contributed by atoms with E-state index < -0.39 is 0 Å². The van der Waals surface area contributed by atoms with Gasteiger partial charge in [-0.2, -0.15) is 0 Å². The first kappa shape index (κ1) is 12.2. The third-order valence-electron chi connectivity index (χ3n) is 3.31. The zero-order valence-corrected chi connectivity index (χ0v) is 10.7. The lowest BCUT2D eigenvalue weighted by Gasteiger charge is -2.23. The summed E-state index contributed by atoms with van der Waals surface area (Å²) in [6.45, 7) is 5.49. The summed E-state index contributed by atoms with van der Waals surface area (Å²) in [4.78, 5) is 14.3. The van der Waals surface area contributed by atoms with E-state index in [0.29, 0.717) is 11.8 Å². The second-order valence-electron chi connectivity index (χ2n) is 4.72. The van der Waals surface area contributed by atoms with Crippen molar-refractivity contribution < 1.29 is 9.21 Å². The largest absolute Gasteiger partial charge is 0.456 e. The van der Waals surface area contributed by atoms with E-state index in [1.165, 1.54) is 0 Å². The Labute approximate surface area is 102 Å². The van der Waals surface area contributed by atoms with Gasteiger partial charge in [0.1, 0.15) is 5.76 Å². The van der Waals surface area contributed by atoms with Crippen LogP contribution in [0.4, 0.5) is 0 Å². The van der Waals surface area contributed by atoms with E-state index in [4.69, 9.17) is 4.42 Å². The van der Waals surface area contributed by atoms with Crippen molar-refractivity contribution in [2.45, 2.75) is 32.7 Å². The van der Waals surface area contributed by atoms with Gasteiger partial charge in [-0.3, -0.25) is 4.79 Å². The topological polar surface area (TPSA) is 45.5 Å². The molecule has 1 saturated heterocycles. The molecule has 1 aromatic rings. The molecule has 0 aliphatic carbocycles. The molecule has 2 rings (SSSR count). The molecule has 0 bridgehead atoms. The van der Waals surface area contributed by atoms with Crippen molar-refractivity contribution >= 4 is 5.91 Å². The van der Waals surface area contributed by atoms with Crippen LogP contribution in [-0.4, -0.2) is 37.0 Å². The molecule has 1 amide bonds. The molecular weight excluding hydrogens is 216 g/mol. The number of furan rings is 1. The molecule has 0 unspecified atom stereocenters. The number of aryl methyl sites for hydroxylation is 2. The molecule has 0 saturated carbocycles. The van der Waals surface area contributed by atoms with E-state index in [0.717, 1.165) is 37.3 Å². The molecular formula is C13H20N2O2. The maximum atomic E-state index is 12.4. The monoisotopic (exact) mass is 236 g/mol. The molecule has 1 N–H and O–H groups in total. The zero-order valence-electron chi connectivity index (χ0n) is 10.7. The Morgan fingerprint density at radius 2 is 2.35 bits per heavy atom. The van der Waals surface area contributed by atoms with Gasteiger partial charge in [-0.25, -0.2) is 0 Å². The van der Waals surface area contributed by atoms with Crippen LogP contribution in [0, 0.1) is 13.8 Å². The molecule has 94 valence electrons. The maximum absolute atomic E-state index is 12.4. The quantitative estimate of drug-likeness (QED) is 0.869. The number of likely N-dealkylation sites (N-methyl/N-ethyl adjacent to an activating group) is 1. The SMILES string of the molecule is CNC[C@H]1CCCN1C(=O)c1oc(C)cc1C. The fourth-order valence-corrected chi connectivity index (χ4v) is 2.54. The van der Waals surface area contributed by atoms with Crippen LogP contribution in [0.1, 0.15) is 34.7 Å². The van der Waals surface area contributed by atoms with Crippen molar-refractivity contribution in [3.05, 3.63) is 23.2 Å². The summed E-state index contributed by atoms with van der Waals surface area (Å²) in [6, 6.07) is 2.22. The second kappa shape index (κ2) is 4.92. The maximum Gasteiger partial charge on any atom is 0.290 e. The minimum atomic E-state index is 0.0355. The highest BCUT2D eigenvalue weighted by molar-refractivity contribution is 5.93. The number of carbonyl (C=O) groups excluding carboxylic acids is 1. The van der Waals surface area contributed by atoms with Crippen molar-refractivity contribution in [1.82, 2.24) is 10.2 Å². The van der Waals surface area contributed by atoms with Gasteiger partial charge in [0.2, 0.25) is 0 Å². The number of carbonyl (C=O) groups is 1. The average molecular weight is 236 g/mol. The van der Waals surface area contributed by atoms with Crippen LogP contribution in [0.3, 0.4) is 0 Å². The molecule has 1 fully saturated rings. The summed E-state index contributed by atoms with van der Waals surface area (Å²) in [5.74, 6) is 1.34. The lowest BCUT2D eigenvalue weighted by atomic mass is 10.2. The van der Waals surface area contributed by atoms with Gasteiger partial charge in [0.25, 0.3) is 5.91 Å². The number of rotatable bonds is 3. The van der Waals surface area contributed by atoms with Gasteiger partial charge < -0.3 is 14.6 Å². The number of nitrogens with zero attached hydrogens (tertiary/aromatic N) is 1. The number of hydrogen-bond donors (Lipinski definition) is 1. The molecule has 0 aromatic carbocycles. The Morgan fingerprint density at radius 3 is 2.94 bits per heavy atom. The van der Waals surface area contributed by atoms with Gasteiger partial charge in [-0.05, 0) is 39.8 Å². The fraction of sp³-hybridized carbons (Fsp3) is 0.615. The van der Waals surface area contributed by atoms with Gasteiger partial charge in [-0.1, -0.05) is 0 Å². The molecule has 1 aliphatic heterocycles. The Kier molecular flexibility index (Phi) is 3.52. The Bertz CT molecular complexity index is 412. The highest BCUT2D eigenvalue weighted by Crippen LogP contribution is 2.22. The summed E-state index contributed by atoms with van der Waals surface area (Å²) < 4.78 is 5.50. The first-order valence-electron chi connectivity index (χ1n) is 6.16. The summed E-state index contributed by atoms with van der Waals surface area (Å²) in [5, 5.41) is 3.14. The van der Waals surface area contributed by atoms with Crippen LogP contribution in [0.15, 0.2) is 10.5 Å². The van der Waals surface area contributed by atoms with Crippen molar-refractivity contribution in [3.8, 4) is 0 Å². The van der Waals surface area contributed by atoms with E-state index in [1.54, 1.807) is 0 Å². The van der Waals surface area contributed by atoms with Crippen LogP contribution >= 0.6 is 0 Å². The lowest BCUT2D eigenvalue weighted by molar-refractivity contribution is 0.0702. The zero-order chi connectivity index (χ0) is 12.4. The first-order chi connectivity index (χ1) is 8.13. The first-order valence-corrected chi connectivity index (χ1v) is 6.16. The van der Waals surface area contributed by atoms with E-state index >= 15 is 0 Å². The highest BCUT2D eigenvalue weighted by Gasteiger charge is 2.31. The minimum Gasteiger partial charge on any atom is -0.456 e. The Hall–Kier alpha value is -1.29. The van der Waals surface area contributed by atoms with Crippen molar-refractivity contribution in [2.24, 2.45) is 0 Å². The van der Waals surface area contributed by atoms with Gasteiger partial charge in [0, 0.05) is 24.7 Å². The van der Waals surface area contributed by atoms with Crippen LogP contribution in [-0.2, 0) is 0 Å². The molecule has 1 aromatic heterocycles. The minimum absolute atomic E-state index is 0.0355. The highest BCUT2D eigenvalue weighted by atomic mass is 16.4. The van der Waals surface area contributed by atoms with Crippen LogP contribution < -0.4 is 5.32 Å². The number of hydrogen-bond acceptors (Lipinski definition) is 3. The van der Waals surface area contributed by atoms with E-state index in [-0.39, 0.29) is 5.91 Å². The molecule has 1 aliphatic rings. The van der Waals surface area contributed by atoms with Crippen molar-refractivity contribution in [2.75, 3.05) is 20.1 Å². The van der Waals surface area contributed by atoms with Crippen LogP contribution in [0.25, 0.3) is 0 Å². The predicted octanol–water partition coefficient (Wildman–Crippen LogP) is 1.72. The van der Waals surface area contributed by atoms with E-state index in [2.05, 4.69) is 5.32 Å².